The van der Waals surface area contributed by atoms with E-state index in [1.165, 1.54) is 12.4 Å². The van der Waals surface area contributed by atoms with Crippen LogP contribution in [0, 0.1) is 11.8 Å². The fraction of sp³-hybridized carbons (Fsp3) is 0.612. The summed E-state index contributed by atoms with van der Waals surface area (Å²) in [4.78, 5) is 95.9. The van der Waals surface area contributed by atoms with Crippen LogP contribution in [0.15, 0.2) is 49.1 Å². The van der Waals surface area contributed by atoms with Crippen molar-refractivity contribution in [3.05, 3.63) is 60.2 Å². The number of hydrogen-bond acceptors (Lipinski definition) is 13. The molecule has 0 bridgehead atoms. The van der Waals surface area contributed by atoms with E-state index in [1.807, 2.05) is 13.1 Å². The van der Waals surface area contributed by atoms with E-state index in [0.29, 0.717) is 50.7 Å². The van der Waals surface area contributed by atoms with Crippen LogP contribution >= 0.6 is 0 Å². The number of nitrogens with zero attached hydrogens (tertiary/aromatic N) is 6. The van der Waals surface area contributed by atoms with E-state index in [9.17, 15) is 41.9 Å². The number of aromatic nitrogens is 3. The lowest BCUT2D eigenvalue weighted by atomic mass is 9.79. The van der Waals surface area contributed by atoms with Crippen LogP contribution in [-0.2, 0) is 44.4 Å². The maximum absolute atomic E-state index is 13.9. The Bertz CT molecular complexity index is 2360. The molecule has 71 heavy (non-hydrogen) atoms. The largest absolute Gasteiger partial charge is 0.416 e. The van der Waals surface area contributed by atoms with Crippen LogP contribution in [0.25, 0.3) is 10.9 Å². The van der Waals surface area contributed by atoms with E-state index in [0.717, 1.165) is 24.1 Å². The topological polar surface area (TPSA) is 229 Å². The summed E-state index contributed by atoms with van der Waals surface area (Å²) >= 11 is 0. The first kappa shape index (κ1) is 52.8. The minimum Gasteiger partial charge on any atom is -0.380 e. The van der Waals surface area contributed by atoms with Crippen LogP contribution in [0.1, 0.15) is 88.8 Å². The predicted molar refractivity (Wildman–Crippen MR) is 254 cm³/mol. The molecule has 6 amide bonds. The molecule has 0 unspecified atom stereocenters. The third kappa shape index (κ3) is 13.5. The van der Waals surface area contributed by atoms with Crippen LogP contribution in [0.2, 0.25) is 0 Å². The molecule has 22 heteroatoms. The lowest BCUT2D eigenvalue weighted by molar-refractivity contribution is -0.137. The van der Waals surface area contributed by atoms with Crippen molar-refractivity contribution in [1.82, 2.24) is 50.9 Å². The Balaban J connectivity index is 0.765. The Morgan fingerprint density at radius 1 is 0.887 bits per heavy atom. The fourth-order valence-electron chi connectivity index (χ4n) is 10.1. The van der Waals surface area contributed by atoms with E-state index in [2.05, 4.69) is 60.3 Å². The molecule has 3 aromatic rings. The SMILES string of the molecule is CC(C)N(C)[C@@H]1CC[C@H](N2CC[C@@H](Nc3ncnc4ccc(C(F)(F)F)cc34)C2=O)[C@H](NC(=O)CCOCCC(=O)NC2CC(C(=O)NCCOCCNC(=O)[C@H]3CC(=O)N(C)[C@@H]3c3cccnc3)C2)C1. The number of pyridine rings is 1. The van der Waals surface area contributed by atoms with Crippen molar-refractivity contribution in [3.8, 4) is 0 Å². The second-order valence-corrected chi connectivity index (χ2v) is 19.2. The molecule has 1 aromatic carbocycles. The van der Waals surface area contributed by atoms with Gasteiger partial charge in [0.1, 0.15) is 18.2 Å². The van der Waals surface area contributed by atoms with Gasteiger partial charge in [0.25, 0.3) is 0 Å². The number of alkyl halides is 3. The van der Waals surface area contributed by atoms with Gasteiger partial charge in [-0.3, -0.25) is 33.8 Å². The van der Waals surface area contributed by atoms with E-state index in [-0.39, 0.29) is 141 Å². The molecule has 6 atom stereocenters. The normalized spacial score (nSPS) is 24.6. The Morgan fingerprint density at radius 3 is 2.28 bits per heavy atom. The minimum absolute atomic E-state index is 0.0464. The van der Waals surface area contributed by atoms with Crippen LogP contribution in [0.5, 0.6) is 0 Å². The monoisotopic (exact) mass is 994 g/mol. The van der Waals surface area contributed by atoms with Gasteiger partial charge in [-0.2, -0.15) is 13.2 Å². The van der Waals surface area contributed by atoms with Crippen molar-refractivity contribution in [2.24, 2.45) is 11.8 Å². The second-order valence-electron chi connectivity index (χ2n) is 19.2. The van der Waals surface area contributed by atoms with Crippen LogP contribution in [0.4, 0.5) is 19.0 Å². The summed E-state index contributed by atoms with van der Waals surface area (Å²) < 4.78 is 51.9. The van der Waals surface area contributed by atoms with Gasteiger partial charge in [-0.05, 0) is 89.2 Å². The van der Waals surface area contributed by atoms with Crippen molar-refractivity contribution < 1.29 is 51.4 Å². The molecule has 0 spiro atoms. The summed E-state index contributed by atoms with van der Waals surface area (Å²) in [6.07, 6.45) is 3.73. The quantitative estimate of drug-likeness (QED) is 0.0914. The van der Waals surface area contributed by atoms with E-state index in [4.69, 9.17) is 9.47 Å². The first-order valence-electron chi connectivity index (χ1n) is 24.5. The molecule has 2 saturated heterocycles. The minimum atomic E-state index is -4.56. The lowest BCUT2D eigenvalue weighted by Crippen LogP contribution is -2.58. The number of hydrogen-bond donors (Lipinski definition) is 5. The maximum Gasteiger partial charge on any atom is 0.416 e. The van der Waals surface area contributed by atoms with Crippen molar-refractivity contribution in [1.29, 1.82) is 0 Å². The standard InChI is InChI=1S/C49H66F3N11O8/c1-29(2)61(3)34-8-10-40(63-17-11-38(48(63)69)60-45-35-24-32(49(50,51)52)7-9-37(35)56-28-57-45)39(25-34)59-42(65)13-19-70-18-12-41(64)58-33-22-31(23-33)46(67)54-15-20-71-21-16-55-47(68)36-26-43(66)62(4)44(36)30-6-5-14-53-27-30/h5-7,9,14,24,27-29,31,33-34,36,38-40,44H,8,10-13,15-23,25-26H2,1-4H3,(H,54,67)(H,55,68)(H,58,64)(H,59,65)(H,56,57,60)/t31?,33?,34-,36+,38-,39-,40+,44-/m1/s1. The Morgan fingerprint density at radius 2 is 1.59 bits per heavy atom. The third-order valence-corrected chi connectivity index (χ3v) is 14.3. The van der Waals surface area contributed by atoms with Gasteiger partial charge >= 0.3 is 6.18 Å². The highest BCUT2D eigenvalue weighted by atomic mass is 19.4. The number of carbonyl (C=O) groups excluding carboxylic acids is 6. The number of likely N-dealkylation sites (tertiary alicyclic amines) is 2. The van der Waals surface area contributed by atoms with Crippen LogP contribution in [-0.4, -0.2) is 162 Å². The highest BCUT2D eigenvalue weighted by Crippen LogP contribution is 2.37. The van der Waals surface area contributed by atoms with Gasteiger partial charge in [0.15, 0.2) is 0 Å². The molecule has 2 saturated carbocycles. The van der Waals surface area contributed by atoms with Crippen molar-refractivity contribution >= 4 is 52.2 Å². The number of benzene rings is 1. The first-order valence-corrected chi connectivity index (χ1v) is 24.5. The summed E-state index contributed by atoms with van der Waals surface area (Å²) in [5.41, 5.74) is 0.275. The summed E-state index contributed by atoms with van der Waals surface area (Å²) in [5, 5.41) is 15.0. The molecule has 386 valence electrons. The molecule has 2 aliphatic heterocycles. The van der Waals surface area contributed by atoms with E-state index in [1.54, 1.807) is 35.3 Å². The Hall–Kier alpha value is -6.00. The smallest absolute Gasteiger partial charge is 0.380 e. The highest BCUT2D eigenvalue weighted by molar-refractivity contribution is 5.93. The lowest BCUT2D eigenvalue weighted by Gasteiger charge is -2.44. The van der Waals surface area contributed by atoms with Gasteiger partial charge in [-0.1, -0.05) is 6.07 Å². The number of ether oxygens (including phenoxy) is 2. The Kier molecular flexibility index (Phi) is 17.8. The third-order valence-electron chi connectivity index (χ3n) is 14.3. The van der Waals surface area contributed by atoms with Gasteiger partial charge in [0.2, 0.25) is 35.4 Å². The number of amides is 6. The second kappa shape index (κ2) is 23.9. The van der Waals surface area contributed by atoms with Crippen LogP contribution in [0.3, 0.4) is 0 Å². The van der Waals surface area contributed by atoms with Gasteiger partial charge in [0, 0.05) is 87.8 Å². The molecular formula is C49H66F3N11O8. The van der Waals surface area contributed by atoms with Crippen molar-refractivity contribution in [2.45, 2.75) is 120 Å². The predicted octanol–water partition coefficient (Wildman–Crippen LogP) is 2.96. The molecule has 2 aromatic heterocycles. The molecular weight excluding hydrogens is 928 g/mol. The number of nitrogens with one attached hydrogen (secondary N) is 5. The van der Waals surface area contributed by atoms with Gasteiger partial charge in [-0.25, -0.2) is 9.97 Å². The molecule has 5 N–H and O–H groups in total. The number of fused-ring (bicyclic) bond motifs is 1. The molecule has 4 heterocycles. The first-order chi connectivity index (χ1) is 34.0. The van der Waals surface area contributed by atoms with Gasteiger partial charge in [-0.15, -0.1) is 0 Å². The number of anilines is 1. The van der Waals surface area contributed by atoms with Gasteiger partial charge < -0.3 is 50.8 Å². The number of carbonyl (C=O) groups is 6. The van der Waals surface area contributed by atoms with Crippen molar-refractivity contribution in [2.75, 3.05) is 65.5 Å². The zero-order chi connectivity index (χ0) is 50.8. The summed E-state index contributed by atoms with van der Waals surface area (Å²) in [7, 11) is 3.73. The maximum atomic E-state index is 13.9. The Labute approximate surface area is 411 Å². The van der Waals surface area contributed by atoms with E-state index >= 15 is 0 Å². The highest BCUT2D eigenvalue weighted by Gasteiger charge is 2.45. The van der Waals surface area contributed by atoms with Crippen molar-refractivity contribution in [3.63, 3.8) is 0 Å². The average molecular weight is 994 g/mol. The number of halogens is 3. The van der Waals surface area contributed by atoms with Crippen LogP contribution < -0.4 is 26.6 Å². The zero-order valence-corrected chi connectivity index (χ0v) is 40.7. The average Bonchev–Trinajstić information content (AvgIpc) is 3.84. The molecule has 7 rings (SSSR count). The summed E-state index contributed by atoms with van der Waals surface area (Å²) in [6.45, 7) is 5.83. The molecule has 2 aliphatic carbocycles. The molecule has 19 nitrogen and oxygen atoms in total. The number of rotatable bonds is 22. The summed E-state index contributed by atoms with van der Waals surface area (Å²) in [5.74, 6) is -1.76. The van der Waals surface area contributed by atoms with E-state index < -0.39 is 23.7 Å². The van der Waals surface area contributed by atoms with Gasteiger partial charge in [0.05, 0.1) is 61.6 Å². The summed E-state index contributed by atoms with van der Waals surface area (Å²) in [6, 6.07) is 5.38. The fourth-order valence-corrected chi connectivity index (χ4v) is 10.1. The molecule has 4 fully saturated rings. The molecule has 4 aliphatic rings. The zero-order valence-electron chi connectivity index (χ0n) is 40.7. The molecule has 0 radical (unpaired) electrons.